The van der Waals surface area contributed by atoms with Crippen LogP contribution in [0.1, 0.15) is 12.5 Å². The van der Waals surface area contributed by atoms with E-state index in [1.807, 2.05) is 19.2 Å². The summed E-state index contributed by atoms with van der Waals surface area (Å²) >= 11 is 0. The fourth-order valence-corrected chi connectivity index (χ4v) is 1.34. The molecule has 4 heteroatoms. The van der Waals surface area contributed by atoms with Crippen LogP contribution in [0.3, 0.4) is 0 Å². The molecule has 0 aromatic carbocycles. The lowest BCUT2D eigenvalue weighted by atomic mass is 10.2. The minimum absolute atomic E-state index is 0.390. The average molecular weight is 234 g/mol. The van der Waals surface area contributed by atoms with Crippen LogP contribution in [0, 0.1) is 0 Å². The maximum Gasteiger partial charge on any atom is 0.330 e. The van der Waals surface area contributed by atoms with E-state index in [1.165, 1.54) is 5.56 Å². The molecule has 0 spiro atoms. The largest absolute Gasteiger partial charge is 0.478 e. The van der Waals surface area contributed by atoms with Gasteiger partial charge in [0.05, 0.1) is 0 Å². The van der Waals surface area contributed by atoms with Crippen LogP contribution < -0.4 is 0 Å². The standard InChI is InChI=1S/C13H18N2O2/c1-11(13(16)17)5-9-15(2)10-6-12-3-7-14-8-4-12/h3-5,7-8H,6,9-10H2,1-2H3,(H,16,17). The molecule has 17 heavy (non-hydrogen) atoms. The lowest BCUT2D eigenvalue weighted by Crippen LogP contribution is -2.21. The van der Waals surface area contributed by atoms with Crippen molar-refractivity contribution in [1.29, 1.82) is 0 Å². The van der Waals surface area contributed by atoms with Crippen molar-refractivity contribution in [3.05, 3.63) is 41.7 Å². The molecule has 0 aliphatic carbocycles. The van der Waals surface area contributed by atoms with Gasteiger partial charge in [-0.1, -0.05) is 6.08 Å². The van der Waals surface area contributed by atoms with Gasteiger partial charge in [-0.25, -0.2) is 4.79 Å². The number of carbonyl (C=O) groups is 1. The first kappa shape index (κ1) is 13.4. The van der Waals surface area contributed by atoms with Crippen LogP contribution in [-0.2, 0) is 11.2 Å². The number of likely N-dealkylation sites (N-methyl/N-ethyl adjacent to an activating group) is 1. The van der Waals surface area contributed by atoms with Gasteiger partial charge < -0.3 is 10.0 Å². The number of hydrogen-bond acceptors (Lipinski definition) is 3. The van der Waals surface area contributed by atoms with Gasteiger partial charge in [-0.2, -0.15) is 0 Å². The number of rotatable bonds is 6. The van der Waals surface area contributed by atoms with E-state index >= 15 is 0 Å². The second kappa shape index (κ2) is 6.81. The first-order valence-corrected chi connectivity index (χ1v) is 5.57. The van der Waals surface area contributed by atoms with Crippen molar-refractivity contribution in [2.24, 2.45) is 0 Å². The Morgan fingerprint density at radius 2 is 2.12 bits per heavy atom. The molecule has 0 saturated heterocycles. The molecule has 1 aromatic rings. The van der Waals surface area contributed by atoms with Crippen LogP contribution in [0.2, 0.25) is 0 Å². The zero-order chi connectivity index (χ0) is 12.7. The summed E-state index contributed by atoms with van der Waals surface area (Å²) in [6.45, 7) is 3.16. The van der Waals surface area contributed by atoms with Crippen LogP contribution in [0.15, 0.2) is 36.2 Å². The third kappa shape index (κ3) is 5.26. The molecule has 1 aromatic heterocycles. The monoisotopic (exact) mass is 234 g/mol. The van der Waals surface area contributed by atoms with Gasteiger partial charge in [0.25, 0.3) is 0 Å². The summed E-state index contributed by atoms with van der Waals surface area (Å²) in [6.07, 6.45) is 6.24. The number of hydrogen-bond donors (Lipinski definition) is 1. The van der Waals surface area contributed by atoms with Crippen molar-refractivity contribution < 1.29 is 9.90 Å². The van der Waals surface area contributed by atoms with Gasteiger partial charge in [0.1, 0.15) is 0 Å². The van der Waals surface area contributed by atoms with Crippen LogP contribution in [0.4, 0.5) is 0 Å². The van der Waals surface area contributed by atoms with Gasteiger partial charge in [-0.15, -0.1) is 0 Å². The maximum atomic E-state index is 10.6. The SMILES string of the molecule is CC(=CCN(C)CCc1ccncc1)C(=O)O. The molecule has 0 unspecified atom stereocenters. The minimum atomic E-state index is -0.854. The van der Waals surface area contributed by atoms with E-state index < -0.39 is 5.97 Å². The van der Waals surface area contributed by atoms with Gasteiger partial charge in [-0.3, -0.25) is 4.98 Å². The zero-order valence-electron chi connectivity index (χ0n) is 10.3. The quantitative estimate of drug-likeness (QED) is 0.759. The predicted octanol–water partition coefficient (Wildman–Crippen LogP) is 1.59. The van der Waals surface area contributed by atoms with Crippen molar-refractivity contribution >= 4 is 5.97 Å². The molecule has 0 amide bonds. The Morgan fingerprint density at radius 1 is 1.47 bits per heavy atom. The van der Waals surface area contributed by atoms with E-state index in [2.05, 4.69) is 9.88 Å². The van der Waals surface area contributed by atoms with Crippen LogP contribution in [0.25, 0.3) is 0 Å². The topological polar surface area (TPSA) is 53.4 Å². The second-order valence-corrected chi connectivity index (χ2v) is 4.06. The van der Waals surface area contributed by atoms with Crippen molar-refractivity contribution in [1.82, 2.24) is 9.88 Å². The van der Waals surface area contributed by atoms with Gasteiger partial charge >= 0.3 is 5.97 Å². The molecular formula is C13H18N2O2. The number of nitrogens with zero attached hydrogens (tertiary/aromatic N) is 2. The van der Waals surface area contributed by atoms with Crippen LogP contribution in [0.5, 0.6) is 0 Å². The Bertz CT molecular complexity index is 388. The highest BCUT2D eigenvalue weighted by Crippen LogP contribution is 2.00. The molecule has 92 valence electrons. The molecule has 0 bridgehead atoms. The van der Waals surface area contributed by atoms with Crippen molar-refractivity contribution in [3.63, 3.8) is 0 Å². The van der Waals surface area contributed by atoms with E-state index in [9.17, 15) is 4.79 Å². The highest BCUT2D eigenvalue weighted by Gasteiger charge is 2.01. The normalized spacial score (nSPS) is 11.8. The molecule has 1 heterocycles. The molecule has 1 N–H and O–H groups in total. The summed E-state index contributed by atoms with van der Waals surface area (Å²) < 4.78 is 0. The Labute approximate surface area is 102 Å². The summed E-state index contributed by atoms with van der Waals surface area (Å²) in [6, 6.07) is 3.98. The minimum Gasteiger partial charge on any atom is -0.478 e. The van der Waals surface area contributed by atoms with E-state index in [0.717, 1.165) is 13.0 Å². The first-order chi connectivity index (χ1) is 8.09. The number of pyridine rings is 1. The van der Waals surface area contributed by atoms with Gasteiger partial charge in [0, 0.05) is 31.1 Å². The molecule has 0 atom stereocenters. The molecule has 0 fully saturated rings. The summed E-state index contributed by atoms with van der Waals surface area (Å²) in [5, 5.41) is 8.71. The summed E-state index contributed by atoms with van der Waals surface area (Å²) in [4.78, 5) is 16.7. The Morgan fingerprint density at radius 3 is 2.71 bits per heavy atom. The highest BCUT2D eigenvalue weighted by molar-refractivity contribution is 5.85. The van der Waals surface area contributed by atoms with Gasteiger partial charge in [0.2, 0.25) is 0 Å². The summed E-state index contributed by atoms with van der Waals surface area (Å²) in [7, 11) is 1.98. The number of aromatic nitrogens is 1. The maximum absolute atomic E-state index is 10.6. The number of carboxylic acid groups (broad SMARTS) is 1. The van der Waals surface area contributed by atoms with E-state index in [0.29, 0.717) is 12.1 Å². The second-order valence-electron chi connectivity index (χ2n) is 4.06. The molecule has 1 rings (SSSR count). The Hall–Kier alpha value is -1.68. The summed E-state index contributed by atoms with van der Waals surface area (Å²) in [5.74, 6) is -0.854. The molecule has 0 aliphatic heterocycles. The molecule has 0 saturated carbocycles. The molecule has 0 aliphatic rings. The molecule has 0 radical (unpaired) electrons. The average Bonchev–Trinajstić information content (AvgIpc) is 2.34. The smallest absolute Gasteiger partial charge is 0.330 e. The van der Waals surface area contributed by atoms with E-state index in [4.69, 9.17) is 5.11 Å². The fraction of sp³-hybridized carbons (Fsp3) is 0.385. The first-order valence-electron chi connectivity index (χ1n) is 5.57. The van der Waals surface area contributed by atoms with Crippen molar-refractivity contribution in [2.75, 3.05) is 20.1 Å². The number of aliphatic carboxylic acids is 1. The van der Waals surface area contributed by atoms with Gasteiger partial charge in [-0.05, 0) is 38.1 Å². The third-order valence-electron chi connectivity index (χ3n) is 2.58. The zero-order valence-corrected chi connectivity index (χ0v) is 10.3. The van der Waals surface area contributed by atoms with E-state index in [-0.39, 0.29) is 0 Å². The van der Waals surface area contributed by atoms with Crippen LogP contribution in [-0.4, -0.2) is 41.1 Å². The van der Waals surface area contributed by atoms with Crippen molar-refractivity contribution in [2.45, 2.75) is 13.3 Å². The van der Waals surface area contributed by atoms with E-state index in [1.54, 1.807) is 25.4 Å². The highest BCUT2D eigenvalue weighted by atomic mass is 16.4. The third-order valence-corrected chi connectivity index (χ3v) is 2.58. The molecular weight excluding hydrogens is 216 g/mol. The predicted molar refractivity (Wildman–Crippen MR) is 66.8 cm³/mol. The lowest BCUT2D eigenvalue weighted by Gasteiger charge is -2.14. The van der Waals surface area contributed by atoms with Crippen LogP contribution >= 0.6 is 0 Å². The summed E-state index contributed by atoms with van der Waals surface area (Å²) in [5.41, 5.74) is 1.63. The number of carboxylic acids is 1. The van der Waals surface area contributed by atoms with Gasteiger partial charge in [0.15, 0.2) is 0 Å². The van der Waals surface area contributed by atoms with Crippen molar-refractivity contribution in [3.8, 4) is 0 Å². The Balaban J connectivity index is 2.33. The Kier molecular flexibility index (Phi) is 5.36. The molecule has 4 nitrogen and oxygen atoms in total. The fourth-order valence-electron chi connectivity index (χ4n) is 1.34. The lowest BCUT2D eigenvalue weighted by molar-refractivity contribution is -0.132.